The third-order valence-electron chi connectivity index (χ3n) is 2.65. The molecule has 0 bridgehead atoms. The Morgan fingerprint density at radius 1 is 1.29 bits per heavy atom. The lowest BCUT2D eigenvalue weighted by Crippen LogP contribution is -2.26. The first-order chi connectivity index (χ1) is 8.27. The molecule has 0 aliphatic carbocycles. The third-order valence-corrected chi connectivity index (χ3v) is 3.55. The molecule has 1 rings (SSSR count). The molecular weight excluding hydrogens is 228 g/mol. The average Bonchev–Trinajstić information content (AvgIpc) is 2.36. The molecule has 0 heterocycles. The summed E-state index contributed by atoms with van der Waals surface area (Å²) in [5, 5.41) is 12.5. The van der Waals surface area contributed by atoms with E-state index in [1.807, 2.05) is 42.1 Å². The molecule has 2 nitrogen and oxygen atoms in total. The first-order valence-electron chi connectivity index (χ1n) is 5.92. The highest BCUT2D eigenvalue weighted by Crippen LogP contribution is 2.13. The zero-order valence-electron chi connectivity index (χ0n) is 10.5. The Morgan fingerprint density at radius 3 is 2.59 bits per heavy atom. The van der Waals surface area contributed by atoms with Gasteiger partial charge in [0.15, 0.2) is 0 Å². The Balaban J connectivity index is 2.37. The van der Waals surface area contributed by atoms with Crippen LogP contribution in [0.5, 0.6) is 0 Å². The Hall–Kier alpha value is -0.980. The summed E-state index contributed by atoms with van der Waals surface area (Å²) in [5.41, 5.74) is 1.10. The van der Waals surface area contributed by atoms with E-state index >= 15 is 0 Å². The standard InChI is InChI=1S/C14H20N2S/c1-12(11-17-2)9-16-10-14(8-15)13-6-4-3-5-7-13/h3-7,12,14,16H,9-11H2,1-2H3. The fraction of sp³-hybridized carbons (Fsp3) is 0.500. The van der Waals surface area contributed by atoms with Gasteiger partial charge in [0.1, 0.15) is 0 Å². The Morgan fingerprint density at radius 2 is 2.00 bits per heavy atom. The number of rotatable bonds is 7. The summed E-state index contributed by atoms with van der Waals surface area (Å²) >= 11 is 1.87. The molecule has 1 aromatic rings. The van der Waals surface area contributed by atoms with Gasteiger partial charge in [0.05, 0.1) is 12.0 Å². The fourth-order valence-electron chi connectivity index (χ4n) is 1.74. The lowest BCUT2D eigenvalue weighted by atomic mass is 10.0. The Kier molecular flexibility index (Phi) is 6.76. The molecule has 92 valence electrons. The topological polar surface area (TPSA) is 35.8 Å². The molecule has 0 spiro atoms. The van der Waals surface area contributed by atoms with Gasteiger partial charge in [-0.05, 0) is 30.0 Å². The quantitative estimate of drug-likeness (QED) is 0.806. The van der Waals surface area contributed by atoms with Crippen LogP contribution in [0.4, 0.5) is 0 Å². The van der Waals surface area contributed by atoms with E-state index in [4.69, 9.17) is 5.26 Å². The number of nitrogens with zero attached hydrogens (tertiary/aromatic N) is 1. The zero-order chi connectivity index (χ0) is 12.5. The van der Waals surface area contributed by atoms with Crippen LogP contribution < -0.4 is 5.32 Å². The van der Waals surface area contributed by atoms with Crippen LogP contribution in [0.3, 0.4) is 0 Å². The predicted octanol–water partition coefficient (Wildman–Crippen LogP) is 2.88. The second kappa shape index (κ2) is 8.16. The summed E-state index contributed by atoms with van der Waals surface area (Å²) in [6.45, 7) is 3.94. The molecule has 0 fully saturated rings. The van der Waals surface area contributed by atoms with Gasteiger partial charge in [-0.25, -0.2) is 0 Å². The molecule has 0 saturated carbocycles. The Bertz CT molecular complexity index is 345. The maximum absolute atomic E-state index is 9.15. The number of hydrogen-bond donors (Lipinski definition) is 1. The van der Waals surface area contributed by atoms with Crippen LogP contribution in [0, 0.1) is 17.2 Å². The number of nitriles is 1. The van der Waals surface area contributed by atoms with E-state index in [0.29, 0.717) is 5.92 Å². The Labute approximate surface area is 108 Å². The fourth-order valence-corrected chi connectivity index (χ4v) is 2.43. The van der Waals surface area contributed by atoms with Crippen LogP contribution in [0.2, 0.25) is 0 Å². The molecule has 17 heavy (non-hydrogen) atoms. The molecular formula is C14H20N2S. The zero-order valence-corrected chi connectivity index (χ0v) is 11.3. The van der Waals surface area contributed by atoms with Crippen molar-refractivity contribution in [1.82, 2.24) is 5.32 Å². The molecule has 0 amide bonds. The van der Waals surface area contributed by atoms with Crippen LogP contribution in [0.15, 0.2) is 30.3 Å². The summed E-state index contributed by atoms with van der Waals surface area (Å²) in [6, 6.07) is 12.3. The minimum atomic E-state index is -0.0438. The summed E-state index contributed by atoms with van der Waals surface area (Å²) in [4.78, 5) is 0. The smallest absolute Gasteiger partial charge is 0.0837 e. The molecule has 0 aromatic heterocycles. The third kappa shape index (κ3) is 5.25. The van der Waals surface area contributed by atoms with Crippen molar-refractivity contribution in [2.24, 2.45) is 5.92 Å². The van der Waals surface area contributed by atoms with Crippen molar-refractivity contribution in [1.29, 1.82) is 5.26 Å². The van der Waals surface area contributed by atoms with Crippen LogP contribution >= 0.6 is 11.8 Å². The van der Waals surface area contributed by atoms with E-state index in [-0.39, 0.29) is 5.92 Å². The van der Waals surface area contributed by atoms with Crippen molar-refractivity contribution >= 4 is 11.8 Å². The number of nitrogens with one attached hydrogen (secondary N) is 1. The molecule has 3 heteroatoms. The number of thioether (sulfide) groups is 1. The molecule has 2 unspecified atom stereocenters. The summed E-state index contributed by atoms with van der Waals surface area (Å²) < 4.78 is 0. The minimum absolute atomic E-state index is 0.0438. The van der Waals surface area contributed by atoms with Gasteiger partial charge in [0.25, 0.3) is 0 Å². The number of benzene rings is 1. The van der Waals surface area contributed by atoms with Crippen molar-refractivity contribution < 1.29 is 0 Å². The van der Waals surface area contributed by atoms with Gasteiger partial charge in [0, 0.05) is 6.54 Å². The normalized spacial score (nSPS) is 13.9. The highest BCUT2D eigenvalue weighted by atomic mass is 32.2. The van der Waals surface area contributed by atoms with E-state index in [1.165, 1.54) is 0 Å². The van der Waals surface area contributed by atoms with Gasteiger partial charge in [-0.3, -0.25) is 0 Å². The maximum Gasteiger partial charge on any atom is 0.0837 e. The lowest BCUT2D eigenvalue weighted by Gasteiger charge is -2.14. The first kappa shape index (κ1) is 14.1. The average molecular weight is 248 g/mol. The van der Waals surface area contributed by atoms with Gasteiger partial charge in [0.2, 0.25) is 0 Å². The van der Waals surface area contributed by atoms with E-state index in [1.54, 1.807) is 0 Å². The van der Waals surface area contributed by atoms with E-state index in [2.05, 4.69) is 24.6 Å². The number of hydrogen-bond acceptors (Lipinski definition) is 3. The molecule has 1 aromatic carbocycles. The minimum Gasteiger partial charge on any atom is -0.315 e. The van der Waals surface area contributed by atoms with Crippen LogP contribution in [-0.4, -0.2) is 25.1 Å². The molecule has 2 atom stereocenters. The molecule has 0 aliphatic heterocycles. The molecule has 0 saturated heterocycles. The predicted molar refractivity (Wildman–Crippen MR) is 75.2 cm³/mol. The van der Waals surface area contributed by atoms with E-state index in [0.717, 1.165) is 24.4 Å². The first-order valence-corrected chi connectivity index (χ1v) is 7.31. The molecule has 0 aliphatic rings. The van der Waals surface area contributed by atoms with Gasteiger partial charge < -0.3 is 5.32 Å². The largest absolute Gasteiger partial charge is 0.315 e. The maximum atomic E-state index is 9.15. The van der Waals surface area contributed by atoms with Gasteiger partial charge in [-0.1, -0.05) is 37.3 Å². The van der Waals surface area contributed by atoms with Crippen molar-refractivity contribution in [3.05, 3.63) is 35.9 Å². The summed E-state index contributed by atoms with van der Waals surface area (Å²) in [6.07, 6.45) is 2.12. The van der Waals surface area contributed by atoms with Crippen LogP contribution in [0.25, 0.3) is 0 Å². The summed E-state index contributed by atoms with van der Waals surface area (Å²) in [5.74, 6) is 1.77. The van der Waals surface area contributed by atoms with Crippen molar-refractivity contribution in [3.63, 3.8) is 0 Å². The van der Waals surface area contributed by atoms with Crippen LogP contribution in [0.1, 0.15) is 18.4 Å². The monoisotopic (exact) mass is 248 g/mol. The van der Waals surface area contributed by atoms with E-state index in [9.17, 15) is 0 Å². The van der Waals surface area contributed by atoms with Crippen LogP contribution in [-0.2, 0) is 0 Å². The SMILES string of the molecule is CSCC(C)CNCC(C#N)c1ccccc1. The van der Waals surface area contributed by atoms with Crippen molar-refractivity contribution in [2.45, 2.75) is 12.8 Å². The lowest BCUT2D eigenvalue weighted by molar-refractivity contribution is 0.549. The van der Waals surface area contributed by atoms with Gasteiger partial charge >= 0.3 is 0 Å². The second-order valence-electron chi connectivity index (χ2n) is 4.31. The molecule has 1 N–H and O–H groups in total. The van der Waals surface area contributed by atoms with Crippen molar-refractivity contribution in [3.8, 4) is 6.07 Å². The van der Waals surface area contributed by atoms with Gasteiger partial charge in [-0.15, -0.1) is 0 Å². The highest BCUT2D eigenvalue weighted by Gasteiger charge is 2.10. The van der Waals surface area contributed by atoms with Crippen molar-refractivity contribution in [2.75, 3.05) is 25.1 Å². The van der Waals surface area contributed by atoms with Gasteiger partial charge in [-0.2, -0.15) is 17.0 Å². The highest BCUT2D eigenvalue weighted by molar-refractivity contribution is 7.98. The second-order valence-corrected chi connectivity index (χ2v) is 5.22. The molecule has 0 radical (unpaired) electrons. The summed E-state index contributed by atoms with van der Waals surface area (Å²) in [7, 11) is 0. The van der Waals surface area contributed by atoms with E-state index < -0.39 is 0 Å².